The van der Waals surface area contributed by atoms with Crippen molar-refractivity contribution in [3.63, 3.8) is 0 Å². The first-order valence-electron chi connectivity index (χ1n) is 5.54. The number of rotatable bonds is 6. The van der Waals surface area contributed by atoms with E-state index in [1.54, 1.807) is 0 Å². The lowest BCUT2D eigenvalue weighted by Crippen LogP contribution is -2.46. The van der Waals surface area contributed by atoms with Crippen LogP contribution in [0.25, 0.3) is 0 Å². The van der Waals surface area contributed by atoms with Crippen molar-refractivity contribution in [1.29, 1.82) is 0 Å². The summed E-state index contributed by atoms with van der Waals surface area (Å²) in [4.78, 5) is 21.6. The van der Waals surface area contributed by atoms with E-state index in [0.717, 1.165) is 18.2 Å². The number of carbonyl (C=O) groups excluding carboxylic acids is 1. The van der Waals surface area contributed by atoms with E-state index in [4.69, 9.17) is 5.11 Å². The summed E-state index contributed by atoms with van der Waals surface area (Å²) in [5, 5.41) is 13.7. The number of carboxylic acids is 1. The molecule has 0 saturated heterocycles. The summed E-state index contributed by atoms with van der Waals surface area (Å²) in [5.41, 5.74) is 0.0898. The lowest BCUT2D eigenvalue weighted by molar-refractivity contribution is -0.141. The number of benzene rings is 1. The van der Waals surface area contributed by atoms with Gasteiger partial charge in [0.25, 0.3) is 0 Å². The van der Waals surface area contributed by atoms with Crippen molar-refractivity contribution in [3.05, 3.63) is 35.4 Å². The van der Waals surface area contributed by atoms with Gasteiger partial charge in [-0.1, -0.05) is 0 Å². The van der Waals surface area contributed by atoms with Crippen LogP contribution in [0.15, 0.2) is 18.2 Å². The molecule has 3 N–H and O–H groups in total. The molecule has 0 aliphatic heterocycles. The van der Waals surface area contributed by atoms with Gasteiger partial charge in [-0.05, 0) is 18.2 Å². The van der Waals surface area contributed by atoms with Crippen molar-refractivity contribution in [2.75, 3.05) is 6.54 Å². The van der Waals surface area contributed by atoms with Gasteiger partial charge in [0, 0.05) is 25.6 Å². The van der Waals surface area contributed by atoms with Gasteiger partial charge in [0.1, 0.15) is 17.7 Å². The first-order chi connectivity index (χ1) is 8.90. The second-order valence-electron chi connectivity index (χ2n) is 3.96. The minimum atomic E-state index is -1.21. The minimum absolute atomic E-state index is 0.0348. The smallest absolute Gasteiger partial charge is 0.327 e. The lowest BCUT2D eigenvalue weighted by atomic mass is 10.2. The molecule has 0 aromatic heterocycles. The molecule has 5 nitrogen and oxygen atoms in total. The van der Waals surface area contributed by atoms with Crippen LogP contribution in [0, 0.1) is 11.6 Å². The lowest BCUT2D eigenvalue weighted by Gasteiger charge is -2.14. The summed E-state index contributed by atoms with van der Waals surface area (Å²) in [5.74, 6) is -2.84. The third-order valence-corrected chi connectivity index (χ3v) is 2.35. The second kappa shape index (κ2) is 6.79. The zero-order valence-electron chi connectivity index (χ0n) is 10.2. The van der Waals surface area contributed by atoms with Crippen molar-refractivity contribution in [2.45, 2.75) is 19.5 Å². The van der Waals surface area contributed by atoms with Crippen molar-refractivity contribution < 1.29 is 23.5 Å². The van der Waals surface area contributed by atoms with Gasteiger partial charge in [0.2, 0.25) is 5.91 Å². The Morgan fingerprint density at radius 3 is 2.63 bits per heavy atom. The third-order valence-electron chi connectivity index (χ3n) is 2.35. The zero-order chi connectivity index (χ0) is 14.4. The predicted octanol–water partition coefficient (Wildman–Crippen LogP) is 0.644. The van der Waals surface area contributed by atoms with Gasteiger partial charge < -0.3 is 15.7 Å². The van der Waals surface area contributed by atoms with Gasteiger partial charge in [-0.3, -0.25) is 4.79 Å². The van der Waals surface area contributed by atoms with E-state index in [1.165, 1.54) is 6.92 Å². The SMILES string of the molecule is CC(=O)NC(CNCc1cc(F)ccc1F)C(=O)O. The highest BCUT2D eigenvalue weighted by atomic mass is 19.1. The first kappa shape index (κ1) is 15.0. The van der Waals surface area contributed by atoms with Crippen LogP contribution in [0.1, 0.15) is 12.5 Å². The molecule has 0 aliphatic rings. The maximum absolute atomic E-state index is 13.3. The maximum atomic E-state index is 13.3. The Kier molecular flexibility index (Phi) is 5.37. The Hall–Kier alpha value is -2.02. The van der Waals surface area contributed by atoms with Gasteiger partial charge in [-0.15, -0.1) is 0 Å². The molecular weight excluding hydrogens is 258 g/mol. The molecule has 0 radical (unpaired) electrons. The fourth-order valence-corrected chi connectivity index (χ4v) is 1.48. The van der Waals surface area contributed by atoms with Crippen molar-refractivity contribution in [1.82, 2.24) is 10.6 Å². The van der Waals surface area contributed by atoms with Crippen LogP contribution in [0.2, 0.25) is 0 Å². The molecule has 0 heterocycles. The molecule has 0 fully saturated rings. The Labute approximate surface area is 108 Å². The zero-order valence-corrected chi connectivity index (χ0v) is 10.2. The Bertz CT molecular complexity index is 480. The molecule has 1 unspecified atom stereocenters. The largest absolute Gasteiger partial charge is 0.480 e. The molecule has 1 atom stereocenters. The molecule has 1 aromatic rings. The average Bonchev–Trinajstić information content (AvgIpc) is 2.31. The Balaban J connectivity index is 2.54. The third kappa shape index (κ3) is 5.01. The summed E-state index contributed by atoms with van der Waals surface area (Å²) in [6.45, 7) is 1.07. The molecule has 0 aliphatic carbocycles. The van der Waals surface area contributed by atoms with E-state index in [9.17, 15) is 18.4 Å². The van der Waals surface area contributed by atoms with Crippen LogP contribution in [0.3, 0.4) is 0 Å². The Morgan fingerprint density at radius 2 is 2.05 bits per heavy atom. The fourth-order valence-electron chi connectivity index (χ4n) is 1.48. The van der Waals surface area contributed by atoms with Crippen LogP contribution < -0.4 is 10.6 Å². The molecule has 19 heavy (non-hydrogen) atoms. The van der Waals surface area contributed by atoms with Gasteiger partial charge in [0.05, 0.1) is 0 Å². The van der Waals surface area contributed by atoms with Crippen molar-refractivity contribution in [3.8, 4) is 0 Å². The van der Waals surface area contributed by atoms with Gasteiger partial charge in [-0.2, -0.15) is 0 Å². The predicted molar refractivity (Wildman–Crippen MR) is 63.3 cm³/mol. The van der Waals surface area contributed by atoms with Crippen LogP contribution in [-0.2, 0) is 16.1 Å². The van der Waals surface area contributed by atoms with Crippen LogP contribution in [0.5, 0.6) is 0 Å². The summed E-state index contributed by atoms with van der Waals surface area (Å²) < 4.78 is 26.2. The number of hydrogen-bond donors (Lipinski definition) is 3. The normalized spacial score (nSPS) is 11.9. The number of nitrogens with one attached hydrogen (secondary N) is 2. The molecule has 0 spiro atoms. The summed E-state index contributed by atoms with van der Waals surface area (Å²) >= 11 is 0. The van der Waals surface area contributed by atoms with Crippen molar-refractivity contribution >= 4 is 11.9 Å². The van der Waals surface area contributed by atoms with Gasteiger partial charge in [-0.25, -0.2) is 13.6 Å². The molecule has 0 bridgehead atoms. The first-order valence-corrected chi connectivity index (χ1v) is 5.54. The highest BCUT2D eigenvalue weighted by Gasteiger charge is 2.17. The van der Waals surface area contributed by atoms with E-state index in [-0.39, 0.29) is 18.7 Å². The molecule has 0 saturated carbocycles. The number of aliphatic carboxylic acids is 1. The quantitative estimate of drug-likeness (QED) is 0.710. The number of carbonyl (C=O) groups is 2. The summed E-state index contributed by atoms with van der Waals surface area (Å²) in [6.07, 6.45) is 0. The van der Waals surface area contributed by atoms with Gasteiger partial charge >= 0.3 is 5.97 Å². The van der Waals surface area contributed by atoms with E-state index in [2.05, 4.69) is 10.6 Å². The molecule has 104 valence electrons. The van der Waals surface area contributed by atoms with Gasteiger partial charge in [0.15, 0.2) is 0 Å². The molecule has 1 rings (SSSR count). The molecule has 1 amide bonds. The fraction of sp³-hybridized carbons (Fsp3) is 0.333. The highest BCUT2D eigenvalue weighted by Crippen LogP contribution is 2.09. The molecular formula is C12H14F2N2O3. The maximum Gasteiger partial charge on any atom is 0.327 e. The molecule has 7 heteroatoms. The molecule has 1 aromatic carbocycles. The summed E-state index contributed by atoms with van der Waals surface area (Å²) in [6, 6.07) is 1.90. The highest BCUT2D eigenvalue weighted by molar-refractivity contribution is 5.82. The average molecular weight is 272 g/mol. The van der Waals surface area contributed by atoms with Crippen molar-refractivity contribution in [2.24, 2.45) is 0 Å². The monoisotopic (exact) mass is 272 g/mol. The Morgan fingerprint density at radius 1 is 1.37 bits per heavy atom. The van der Waals surface area contributed by atoms with E-state index in [0.29, 0.717) is 0 Å². The van der Waals surface area contributed by atoms with E-state index >= 15 is 0 Å². The number of halogens is 2. The van der Waals surface area contributed by atoms with Crippen LogP contribution in [-0.4, -0.2) is 29.6 Å². The minimum Gasteiger partial charge on any atom is -0.480 e. The van der Waals surface area contributed by atoms with E-state index in [1.807, 2.05) is 0 Å². The second-order valence-corrected chi connectivity index (χ2v) is 3.96. The van der Waals surface area contributed by atoms with Crippen LogP contribution in [0.4, 0.5) is 8.78 Å². The standard InChI is InChI=1S/C12H14F2N2O3/c1-7(17)16-11(12(18)19)6-15-5-8-4-9(13)2-3-10(8)14/h2-4,11,15H,5-6H2,1H3,(H,16,17)(H,18,19). The van der Waals surface area contributed by atoms with E-state index < -0.39 is 29.6 Å². The number of amides is 1. The summed E-state index contributed by atoms with van der Waals surface area (Å²) in [7, 11) is 0. The van der Waals surface area contributed by atoms with Crippen LogP contribution >= 0.6 is 0 Å². The topological polar surface area (TPSA) is 78.4 Å². The number of hydrogen-bond acceptors (Lipinski definition) is 3. The number of carboxylic acid groups (broad SMARTS) is 1.